The molecule has 0 aliphatic carbocycles. The van der Waals surface area contributed by atoms with Crippen molar-refractivity contribution in [3.63, 3.8) is 0 Å². The highest BCUT2D eigenvalue weighted by Gasteiger charge is 2.31. The molecule has 8 nitrogen and oxygen atoms in total. The Hall–Kier alpha value is -3.04. The molecule has 0 spiro atoms. The van der Waals surface area contributed by atoms with E-state index in [1.165, 1.54) is 4.31 Å². The predicted octanol–water partition coefficient (Wildman–Crippen LogP) is 2.75. The molecule has 30 heavy (non-hydrogen) atoms. The van der Waals surface area contributed by atoms with E-state index in [2.05, 4.69) is 10.1 Å². The molecule has 9 heteroatoms. The molecule has 1 aromatic heterocycles. The zero-order valence-electron chi connectivity index (χ0n) is 16.4. The van der Waals surface area contributed by atoms with Crippen LogP contribution in [0.1, 0.15) is 5.56 Å². The molecule has 0 amide bonds. The van der Waals surface area contributed by atoms with Crippen LogP contribution in [0.15, 0.2) is 58.1 Å². The minimum Gasteiger partial charge on any atom is -0.495 e. The fourth-order valence-electron chi connectivity index (χ4n) is 3.92. The van der Waals surface area contributed by atoms with Gasteiger partial charge in [0.2, 0.25) is 10.0 Å². The molecule has 5 rings (SSSR count). The molecule has 0 atom stereocenters. The second-order valence-corrected chi connectivity index (χ2v) is 9.13. The number of piperazine rings is 1. The highest BCUT2D eigenvalue weighted by Crippen LogP contribution is 2.39. The van der Waals surface area contributed by atoms with Gasteiger partial charge in [-0.2, -0.15) is 4.31 Å². The maximum absolute atomic E-state index is 13.3. The zero-order valence-corrected chi connectivity index (χ0v) is 17.3. The SMILES string of the molecule is COc1ccccc1N1CCN(S(=O)(=O)c2ccc3c(c2)-c2oncc2CO3)CC1. The maximum atomic E-state index is 13.3. The first kappa shape index (κ1) is 19.0. The van der Waals surface area contributed by atoms with Gasteiger partial charge < -0.3 is 18.9 Å². The highest BCUT2D eigenvalue weighted by molar-refractivity contribution is 7.89. The molecule has 0 radical (unpaired) electrons. The van der Waals surface area contributed by atoms with Crippen LogP contribution in [-0.2, 0) is 16.6 Å². The van der Waals surface area contributed by atoms with Crippen molar-refractivity contribution >= 4 is 15.7 Å². The van der Waals surface area contributed by atoms with Crippen LogP contribution < -0.4 is 14.4 Å². The monoisotopic (exact) mass is 427 g/mol. The van der Waals surface area contributed by atoms with Gasteiger partial charge in [-0.25, -0.2) is 8.42 Å². The third kappa shape index (κ3) is 3.10. The topological polar surface area (TPSA) is 85.1 Å². The van der Waals surface area contributed by atoms with Crippen LogP contribution in [0.5, 0.6) is 11.5 Å². The second kappa shape index (κ2) is 7.33. The van der Waals surface area contributed by atoms with E-state index in [0.29, 0.717) is 49.9 Å². The molecule has 156 valence electrons. The van der Waals surface area contributed by atoms with Gasteiger partial charge in [-0.05, 0) is 30.3 Å². The first-order chi connectivity index (χ1) is 14.6. The lowest BCUT2D eigenvalue weighted by molar-refractivity contribution is 0.297. The van der Waals surface area contributed by atoms with Crippen molar-refractivity contribution in [1.82, 2.24) is 9.46 Å². The molecule has 0 N–H and O–H groups in total. The Labute approximate surface area is 174 Å². The number of fused-ring (bicyclic) bond motifs is 3. The normalized spacial score (nSPS) is 16.5. The molecule has 3 heterocycles. The summed E-state index contributed by atoms with van der Waals surface area (Å²) in [6.07, 6.45) is 1.59. The fraction of sp³-hybridized carbons (Fsp3) is 0.286. The number of rotatable bonds is 4. The minimum atomic E-state index is -3.64. The van der Waals surface area contributed by atoms with Gasteiger partial charge >= 0.3 is 0 Å². The molecule has 0 unspecified atom stereocenters. The molecule has 2 aliphatic rings. The maximum Gasteiger partial charge on any atom is 0.243 e. The van der Waals surface area contributed by atoms with Crippen LogP contribution in [0, 0.1) is 0 Å². The molecule has 0 bridgehead atoms. The second-order valence-electron chi connectivity index (χ2n) is 7.19. The molecule has 1 fully saturated rings. The smallest absolute Gasteiger partial charge is 0.243 e. The number of methoxy groups -OCH3 is 1. The summed E-state index contributed by atoms with van der Waals surface area (Å²) in [6.45, 7) is 2.31. The van der Waals surface area contributed by atoms with Crippen LogP contribution in [0.2, 0.25) is 0 Å². The highest BCUT2D eigenvalue weighted by atomic mass is 32.2. The number of hydrogen-bond donors (Lipinski definition) is 0. The Morgan fingerprint density at radius 2 is 1.87 bits per heavy atom. The van der Waals surface area contributed by atoms with Gasteiger partial charge in [-0.1, -0.05) is 17.3 Å². The standard InChI is InChI=1S/C21H21N3O5S/c1-27-20-5-3-2-4-18(20)23-8-10-24(11-9-23)30(25,26)16-6-7-19-17(12-16)21-15(14-28-19)13-22-29-21/h2-7,12-13H,8-11,14H2,1H3. The molecular formula is C21H21N3O5S. The molecule has 2 aliphatic heterocycles. The quantitative estimate of drug-likeness (QED) is 0.633. The molecule has 1 saturated heterocycles. The van der Waals surface area contributed by atoms with Gasteiger partial charge in [0.15, 0.2) is 5.76 Å². The van der Waals surface area contributed by atoms with E-state index >= 15 is 0 Å². The van der Waals surface area contributed by atoms with Crippen molar-refractivity contribution in [1.29, 1.82) is 0 Å². The lowest BCUT2D eigenvalue weighted by Gasteiger charge is -2.36. The van der Waals surface area contributed by atoms with Gasteiger partial charge in [0.1, 0.15) is 18.1 Å². The lowest BCUT2D eigenvalue weighted by atomic mass is 10.1. The van der Waals surface area contributed by atoms with Crippen LogP contribution >= 0.6 is 0 Å². The van der Waals surface area contributed by atoms with Crippen molar-refractivity contribution in [3.8, 4) is 22.8 Å². The van der Waals surface area contributed by atoms with E-state index in [1.807, 2.05) is 24.3 Å². The summed E-state index contributed by atoms with van der Waals surface area (Å²) >= 11 is 0. The summed E-state index contributed by atoms with van der Waals surface area (Å²) < 4.78 is 44.5. The summed E-state index contributed by atoms with van der Waals surface area (Å²) in [4.78, 5) is 2.37. The number of aromatic nitrogens is 1. The number of nitrogens with zero attached hydrogens (tertiary/aromatic N) is 3. The van der Waals surface area contributed by atoms with Crippen molar-refractivity contribution < 1.29 is 22.4 Å². The molecule has 2 aromatic carbocycles. The van der Waals surface area contributed by atoms with Gasteiger partial charge in [-0.15, -0.1) is 0 Å². The summed E-state index contributed by atoms with van der Waals surface area (Å²) in [5.41, 5.74) is 2.39. The number of anilines is 1. The number of ether oxygens (including phenoxy) is 2. The first-order valence-corrected chi connectivity index (χ1v) is 11.1. The lowest BCUT2D eigenvalue weighted by Crippen LogP contribution is -2.48. The predicted molar refractivity (Wildman–Crippen MR) is 110 cm³/mol. The van der Waals surface area contributed by atoms with Crippen LogP contribution in [-0.4, -0.2) is 51.2 Å². The van der Waals surface area contributed by atoms with Gasteiger partial charge in [0.25, 0.3) is 0 Å². The summed E-state index contributed by atoms with van der Waals surface area (Å²) in [5.74, 6) is 1.94. The van der Waals surface area contributed by atoms with E-state index in [4.69, 9.17) is 14.0 Å². The van der Waals surface area contributed by atoms with Crippen molar-refractivity contribution in [2.24, 2.45) is 0 Å². The third-order valence-corrected chi connectivity index (χ3v) is 7.42. The number of para-hydroxylation sites is 2. The van der Waals surface area contributed by atoms with Gasteiger partial charge in [0, 0.05) is 26.2 Å². The van der Waals surface area contributed by atoms with E-state index in [0.717, 1.165) is 17.0 Å². The Morgan fingerprint density at radius 3 is 2.67 bits per heavy atom. The van der Waals surface area contributed by atoms with Crippen molar-refractivity contribution in [2.45, 2.75) is 11.5 Å². The zero-order chi connectivity index (χ0) is 20.7. The largest absolute Gasteiger partial charge is 0.495 e. The average Bonchev–Trinajstić information content (AvgIpc) is 3.28. The van der Waals surface area contributed by atoms with Gasteiger partial charge in [0.05, 0.1) is 35.0 Å². The molecule has 0 saturated carbocycles. The number of benzene rings is 2. The van der Waals surface area contributed by atoms with E-state index in [9.17, 15) is 8.42 Å². The Bertz CT molecular complexity index is 1180. The Kier molecular flexibility index (Phi) is 4.63. The molecule has 3 aromatic rings. The third-order valence-electron chi connectivity index (χ3n) is 5.53. The number of hydrogen-bond acceptors (Lipinski definition) is 7. The summed E-state index contributed by atoms with van der Waals surface area (Å²) in [7, 11) is -2.01. The average molecular weight is 427 g/mol. The Balaban J connectivity index is 1.38. The minimum absolute atomic E-state index is 0.222. The van der Waals surface area contributed by atoms with Crippen molar-refractivity contribution in [3.05, 3.63) is 54.2 Å². The first-order valence-electron chi connectivity index (χ1n) is 9.67. The summed E-state index contributed by atoms with van der Waals surface area (Å²) in [6, 6.07) is 12.6. The molecular weight excluding hydrogens is 406 g/mol. The number of sulfonamides is 1. The van der Waals surface area contributed by atoms with Crippen LogP contribution in [0.4, 0.5) is 5.69 Å². The van der Waals surface area contributed by atoms with E-state index < -0.39 is 10.0 Å². The van der Waals surface area contributed by atoms with Crippen LogP contribution in [0.25, 0.3) is 11.3 Å². The summed E-state index contributed by atoms with van der Waals surface area (Å²) in [5, 5.41) is 3.80. The Morgan fingerprint density at radius 1 is 1.07 bits per heavy atom. The fourth-order valence-corrected chi connectivity index (χ4v) is 5.37. The van der Waals surface area contributed by atoms with Crippen molar-refractivity contribution in [2.75, 3.05) is 38.2 Å². The van der Waals surface area contributed by atoms with Gasteiger partial charge in [-0.3, -0.25) is 0 Å². The van der Waals surface area contributed by atoms with Crippen LogP contribution in [0.3, 0.4) is 0 Å². The van der Waals surface area contributed by atoms with E-state index in [1.54, 1.807) is 31.5 Å². The van der Waals surface area contributed by atoms with E-state index in [-0.39, 0.29) is 4.90 Å².